The van der Waals surface area contributed by atoms with E-state index in [2.05, 4.69) is 11.9 Å². The molecule has 138 valence electrons. The summed E-state index contributed by atoms with van der Waals surface area (Å²) in [5, 5.41) is 17.4. The van der Waals surface area contributed by atoms with Crippen molar-refractivity contribution in [3.8, 4) is 0 Å². The van der Waals surface area contributed by atoms with Gasteiger partial charge in [-0.15, -0.1) is 0 Å². The molecule has 1 aliphatic carbocycles. The Morgan fingerprint density at radius 2 is 1.33 bits per heavy atom. The lowest BCUT2D eigenvalue weighted by molar-refractivity contribution is -0.146. The van der Waals surface area contributed by atoms with Crippen LogP contribution in [0.2, 0.25) is 0 Å². The summed E-state index contributed by atoms with van der Waals surface area (Å²) in [7, 11) is 2.17. The smallest absolute Gasteiger partial charge is 0.337 e. The van der Waals surface area contributed by atoms with E-state index in [9.17, 15) is 4.79 Å². The molecule has 2 aliphatic rings. The maximum Gasteiger partial charge on any atom is 0.337 e. The van der Waals surface area contributed by atoms with Gasteiger partial charge in [0.2, 0.25) is 0 Å². The molecule has 1 atom stereocenters. The van der Waals surface area contributed by atoms with Gasteiger partial charge in [0.1, 0.15) is 0 Å². The summed E-state index contributed by atoms with van der Waals surface area (Å²) in [5.74, 6) is -1.23. The highest BCUT2D eigenvalue weighted by Crippen LogP contribution is 2.15. The summed E-state index contributed by atoms with van der Waals surface area (Å²) in [6.45, 7) is 6.64. The van der Waals surface area contributed by atoms with Crippen LogP contribution in [0.15, 0.2) is 30.3 Å². The molecule has 24 heavy (non-hydrogen) atoms. The quantitative estimate of drug-likeness (QED) is 0.834. The molecule has 1 saturated heterocycles. The molecule has 4 nitrogen and oxygen atoms in total. The number of carboxylic acids is 1. The number of likely N-dealkylation sites (tertiary alicyclic amines) is 1. The molecule has 0 bridgehead atoms. The highest BCUT2D eigenvalue weighted by atomic mass is 16.4. The number of hydrogen-bond acceptors (Lipinski definition) is 3. The minimum absolute atomic E-state index is 0.403. The Morgan fingerprint density at radius 3 is 1.62 bits per heavy atom. The van der Waals surface area contributed by atoms with Crippen LogP contribution < -0.4 is 0 Å². The number of rotatable bonds is 2. The minimum Gasteiger partial charge on any atom is -0.479 e. The van der Waals surface area contributed by atoms with E-state index >= 15 is 0 Å². The van der Waals surface area contributed by atoms with Crippen molar-refractivity contribution in [2.45, 2.75) is 64.9 Å². The molecule has 0 radical (unpaired) electrons. The first-order chi connectivity index (χ1) is 11.6. The van der Waals surface area contributed by atoms with Crippen LogP contribution in [-0.2, 0) is 4.79 Å². The average Bonchev–Trinajstić information content (AvgIpc) is 3.34. The Morgan fingerprint density at radius 1 is 0.917 bits per heavy atom. The van der Waals surface area contributed by atoms with Gasteiger partial charge in [0.25, 0.3) is 0 Å². The average molecular weight is 338 g/mol. The fraction of sp³-hybridized carbons (Fsp3) is 0.650. The zero-order valence-corrected chi connectivity index (χ0v) is 15.6. The number of aliphatic hydroxyl groups excluding tert-OH is 1. The van der Waals surface area contributed by atoms with Crippen LogP contribution in [-0.4, -0.2) is 41.2 Å². The van der Waals surface area contributed by atoms with Gasteiger partial charge in [-0.2, -0.15) is 0 Å². The van der Waals surface area contributed by atoms with Crippen molar-refractivity contribution in [3.05, 3.63) is 35.9 Å². The molecule has 0 amide bonds. The van der Waals surface area contributed by atoms with Crippen molar-refractivity contribution in [2.75, 3.05) is 20.1 Å². The number of benzene rings is 1. The molecule has 1 heterocycles. The van der Waals surface area contributed by atoms with E-state index < -0.39 is 12.1 Å². The van der Waals surface area contributed by atoms with E-state index in [-0.39, 0.29) is 0 Å². The van der Waals surface area contributed by atoms with Crippen molar-refractivity contribution in [1.29, 1.82) is 0 Å². The lowest BCUT2D eigenvalue weighted by atomic mass is 10.1. The zero-order valence-electron chi connectivity index (χ0n) is 15.6. The normalized spacial score (nSPS) is 17.3. The maximum atomic E-state index is 10.2. The number of nitrogens with zero attached hydrogens (tertiary/aromatic N) is 1. The topological polar surface area (TPSA) is 60.8 Å². The minimum atomic E-state index is -1.41. The third kappa shape index (κ3) is 11.2. The van der Waals surface area contributed by atoms with Crippen LogP contribution in [0.25, 0.3) is 0 Å². The van der Waals surface area contributed by atoms with E-state index in [0.29, 0.717) is 5.56 Å². The number of hydrogen-bond donors (Lipinski definition) is 2. The van der Waals surface area contributed by atoms with Gasteiger partial charge in [-0.1, -0.05) is 76.3 Å². The molecule has 1 aromatic carbocycles. The van der Waals surface area contributed by atoms with E-state index in [1.165, 1.54) is 58.0 Å². The SMILES string of the molecule is C1CCCC1.CC.CN1CCCC1.O=C(O)C(O)c1ccccc1. The van der Waals surface area contributed by atoms with Crippen molar-refractivity contribution in [3.63, 3.8) is 0 Å². The third-order valence-corrected chi connectivity index (χ3v) is 3.93. The molecule has 4 heteroatoms. The van der Waals surface area contributed by atoms with Gasteiger partial charge in [0, 0.05) is 0 Å². The molecule has 2 fully saturated rings. The fourth-order valence-corrected chi connectivity index (χ4v) is 2.54. The first-order valence-electron chi connectivity index (χ1n) is 9.25. The Balaban J connectivity index is 0.000000342. The van der Waals surface area contributed by atoms with Crippen LogP contribution in [0.5, 0.6) is 0 Å². The van der Waals surface area contributed by atoms with Crippen LogP contribution in [0.3, 0.4) is 0 Å². The molecule has 1 aliphatic heterocycles. The van der Waals surface area contributed by atoms with Crippen LogP contribution >= 0.6 is 0 Å². The second-order valence-electron chi connectivity index (χ2n) is 5.93. The number of aliphatic hydroxyl groups is 1. The van der Waals surface area contributed by atoms with Gasteiger partial charge in [0.05, 0.1) is 0 Å². The molecule has 1 unspecified atom stereocenters. The summed E-state index contributed by atoms with van der Waals surface area (Å²) in [5.41, 5.74) is 0.403. The largest absolute Gasteiger partial charge is 0.479 e. The summed E-state index contributed by atoms with van der Waals surface area (Å²) < 4.78 is 0. The van der Waals surface area contributed by atoms with Crippen molar-refractivity contribution >= 4 is 5.97 Å². The summed E-state index contributed by atoms with van der Waals surface area (Å²) >= 11 is 0. The summed E-state index contributed by atoms with van der Waals surface area (Å²) in [4.78, 5) is 12.6. The van der Waals surface area contributed by atoms with Crippen molar-refractivity contribution < 1.29 is 15.0 Å². The number of carbonyl (C=O) groups is 1. The molecule has 3 rings (SSSR count). The third-order valence-electron chi connectivity index (χ3n) is 3.93. The first-order valence-corrected chi connectivity index (χ1v) is 9.25. The van der Waals surface area contributed by atoms with Gasteiger partial charge in [-0.25, -0.2) is 4.79 Å². The molecule has 1 aromatic rings. The number of carboxylic acid groups (broad SMARTS) is 1. The standard InChI is InChI=1S/C8H8O3.C5H11N.C5H10.C2H6/c9-7(8(10)11)6-4-2-1-3-5-6;1-6-4-2-3-5-6;1-2-4-5-3-1;1-2/h1-5,7,9H,(H,10,11);2-5H2,1H3;1-5H2;1-2H3. The lowest BCUT2D eigenvalue weighted by Gasteiger charge is -2.03. The monoisotopic (exact) mass is 337 g/mol. The van der Waals surface area contributed by atoms with Gasteiger partial charge in [0.15, 0.2) is 6.10 Å². The zero-order chi connectivity index (χ0) is 18.2. The predicted octanol–water partition coefficient (Wildman–Crippen LogP) is 4.49. The maximum absolute atomic E-state index is 10.2. The number of aliphatic carboxylic acids is 1. The summed E-state index contributed by atoms with van der Waals surface area (Å²) in [6.07, 6.45) is 8.92. The second-order valence-corrected chi connectivity index (χ2v) is 5.93. The van der Waals surface area contributed by atoms with Gasteiger partial charge in [-0.05, 0) is 38.5 Å². The predicted molar refractivity (Wildman–Crippen MR) is 100 cm³/mol. The van der Waals surface area contributed by atoms with Crippen molar-refractivity contribution in [1.82, 2.24) is 4.90 Å². The van der Waals surface area contributed by atoms with Gasteiger partial charge < -0.3 is 15.1 Å². The Bertz CT molecular complexity index is 391. The molecule has 0 spiro atoms. The highest BCUT2D eigenvalue weighted by molar-refractivity contribution is 5.73. The van der Waals surface area contributed by atoms with Crippen LogP contribution in [0.1, 0.15) is 70.5 Å². The van der Waals surface area contributed by atoms with Gasteiger partial charge >= 0.3 is 5.97 Å². The summed E-state index contributed by atoms with van der Waals surface area (Å²) in [6, 6.07) is 8.26. The Kier molecular flexibility index (Phi) is 14.3. The van der Waals surface area contributed by atoms with E-state index in [1.807, 2.05) is 13.8 Å². The van der Waals surface area contributed by atoms with E-state index in [1.54, 1.807) is 30.3 Å². The Hall–Kier alpha value is -1.39. The molecule has 2 N–H and O–H groups in total. The first kappa shape index (κ1) is 22.6. The molecule has 0 aromatic heterocycles. The van der Waals surface area contributed by atoms with Crippen molar-refractivity contribution in [2.24, 2.45) is 0 Å². The van der Waals surface area contributed by atoms with Crippen LogP contribution in [0.4, 0.5) is 0 Å². The molecule has 1 saturated carbocycles. The molecular formula is C20H35NO3. The fourth-order valence-electron chi connectivity index (χ4n) is 2.54. The lowest BCUT2D eigenvalue weighted by Crippen LogP contribution is -2.10. The van der Waals surface area contributed by atoms with E-state index in [4.69, 9.17) is 10.2 Å². The second kappa shape index (κ2) is 15.2. The van der Waals surface area contributed by atoms with Crippen LogP contribution in [0, 0.1) is 0 Å². The highest BCUT2D eigenvalue weighted by Gasteiger charge is 2.14. The Labute approximate surface area is 147 Å². The van der Waals surface area contributed by atoms with E-state index in [0.717, 1.165) is 0 Å². The molecular weight excluding hydrogens is 302 g/mol. The van der Waals surface area contributed by atoms with Gasteiger partial charge in [-0.3, -0.25) is 0 Å².